The molecule has 1 saturated heterocycles. The molecule has 130 valence electrons. The van der Waals surface area contributed by atoms with Crippen LogP contribution in [0, 0.1) is 0 Å². The van der Waals surface area contributed by atoms with Gasteiger partial charge in [0, 0.05) is 25.7 Å². The molecule has 1 heterocycles. The van der Waals surface area contributed by atoms with Crippen molar-refractivity contribution in [3.8, 4) is 0 Å². The lowest BCUT2D eigenvalue weighted by Gasteiger charge is -2.32. The number of nitrogens with one attached hydrogen (secondary N) is 1. The maximum atomic E-state index is 12.5. The van der Waals surface area contributed by atoms with Gasteiger partial charge >= 0.3 is 0 Å². The first kappa shape index (κ1) is 17.2. The summed E-state index contributed by atoms with van der Waals surface area (Å²) in [5.41, 5.74) is 3.11. The van der Waals surface area contributed by atoms with Crippen LogP contribution in [0.25, 0.3) is 0 Å². The molecule has 0 atom stereocenters. The van der Waals surface area contributed by atoms with E-state index in [-0.39, 0.29) is 11.8 Å². The molecular formula is C21H24N2O2. The molecule has 1 N–H and O–H groups in total. The van der Waals surface area contributed by atoms with E-state index in [1.807, 2.05) is 35.2 Å². The zero-order valence-electron chi connectivity index (χ0n) is 14.6. The molecule has 0 aliphatic carbocycles. The number of piperidine rings is 1. The summed E-state index contributed by atoms with van der Waals surface area (Å²) in [5.74, 6) is 0.645. The molecule has 0 bridgehead atoms. The van der Waals surface area contributed by atoms with E-state index in [1.54, 1.807) is 0 Å². The summed E-state index contributed by atoms with van der Waals surface area (Å²) in [4.78, 5) is 25.5. The number of anilines is 1. The predicted octanol–water partition coefficient (Wildman–Crippen LogP) is 3.59. The number of hydrogen-bond donors (Lipinski definition) is 1. The van der Waals surface area contributed by atoms with Crippen LogP contribution in [0.1, 0.15) is 36.8 Å². The fourth-order valence-corrected chi connectivity index (χ4v) is 3.38. The Morgan fingerprint density at radius 1 is 1.00 bits per heavy atom. The molecule has 4 nitrogen and oxygen atoms in total. The van der Waals surface area contributed by atoms with Gasteiger partial charge in [0.1, 0.15) is 0 Å². The molecule has 0 radical (unpaired) electrons. The number of carbonyl (C=O) groups is 2. The maximum absolute atomic E-state index is 12.5. The standard InChI is InChI=1S/C21H24N2O2/c1-16(24)22-20-9-7-17(8-10-20)15-21(25)23-13-11-19(12-14-23)18-5-3-2-4-6-18/h2-10,19H,11-15H2,1H3,(H,22,24). The lowest BCUT2D eigenvalue weighted by atomic mass is 9.89. The zero-order valence-corrected chi connectivity index (χ0v) is 14.6. The lowest BCUT2D eigenvalue weighted by Crippen LogP contribution is -2.38. The Bertz CT molecular complexity index is 717. The molecule has 4 heteroatoms. The molecular weight excluding hydrogens is 312 g/mol. The first-order valence-corrected chi connectivity index (χ1v) is 8.81. The minimum atomic E-state index is -0.0925. The highest BCUT2D eigenvalue weighted by atomic mass is 16.2. The fourth-order valence-electron chi connectivity index (χ4n) is 3.38. The van der Waals surface area contributed by atoms with Crippen molar-refractivity contribution in [1.29, 1.82) is 0 Å². The number of nitrogens with zero attached hydrogens (tertiary/aromatic N) is 1. The van der Waals surface area contributed by atoms with E-state index in [9.17, 15) is 9.59 Å². The zero-order chi connectivity index (χ0) is 17.6. The third-order valence-corrected chi connectivity index (χ3v) is 4.75. The number of amides is 2. The van der Waals surface area contributed by atoms with Crippen LogP contribution in [0.5, 0.6) is 0 Å². The van der Waals surface area contributed by atoms with Crippen molar-refractivity contribution in [2.45, 2.75) is 32.1 Å². The van der Waals surface area contributed by atoms with E-state index in [1.165, 1.54) is 12.5 Å². The Hall–Kier alpha value is -2.62. The number of likely N-dealkylation sites (tertiary alicyclic amines) is 1. The van der Waals surface area contributed by atoms with Crippen LogP contribution in [0.2, 0.25) is 0 Å². The second kappa shape index (κ2) is 7.97. The molecule has 1 aliphatic heterocycles. The summed E-state index contributed by atoms with van der Waals surface area (Å²) < 4.78 is 0. The molecule has 2 aromatic rings. The summed E-state index contributed by atoms with van der Waals surface area (Å²) >= 11 is 0. The van der Waals surface area contributed by atoms with Gasteiger partial charge in [-0.3, -0.25) is 9.59 Å². The van der Waals surface area contributed by atoms with Crippen LogP contribution >= 0.6 is 0 Å². The van der Waals surface area contributed by atoms with Crippen molar-refractivity contribution in [2.75, 3.05) is 18.4 Å². The highest BCUT2D eigenvalue weighted by Crippen LogP contribution is 2.28. The first-order chi connectivity index (χ1) is 12.1. The Balaban J connectivity index is 1.52. The van der Waals surface area contributed by atoms with Gasteiger partial charge in [0.15, 0.2) is 0 Å². The molecule has 1 aliphatic rings. The van der Waals surface area contributed by atoms with Gasteiger partial charge in [-0.2, -0.15) is 0 Å². The quantitative estimate of drug-likeness (QED) is 0.927. The second-order valence-corrected chi connectivity index (χ2v) is 6.62. The minimum absolute atomic E-state index is 0.0925. The van der Waals surface area contributed by atoms with E-state index in [2.05, 4.69) is 29.6 Å². The topological polar surface area (TPSA) is 49.4 Å². The Morgan fingerprint density at radius 2 is 1.64 bits per heavy atom. The first-order valence-electron chi connectivity index (χ1n) is 8.81. The molecule has 0 unspecified atom stereocenters. The predicted molar refractivity (Wildman–Crippen MR) is 99.4 cm³/mol. The minimum Gasteiger partial charge on any atom is -0.342 e. The summed E-state index contributed by atoms with van der Waals surface area (Å²) in [6.07, 6.45) is 2.46. The van der Waals surface area contributed by atoms with Crippen LogP contribution in [0.3, 0.4) is 0 Å². The van der Waals surface area contributed by atoms with Crippen molar-refractivity contribution in [1.82, 2.24) is 4.90 Å². The van der Waals surface area contributed by atoms with Gasteiger partial charge in [-0.05, 0) is 42.0 Å². The van der Waals surface area contributed by atoms with Gasteiger partial charge in [0.05, 0.1) is 6.42 Å². The molecule has 3 rings (SSSR count). The van der Waals surface area contributed by atoms with Gasteiger partial charge in [-0.1, -0.05) is 42.5 Å². The highest BCUT2D eigenvalue weighted by Gasteiger charge is 2.23. The van der Waals surface area contributed by atoms with Crippen molar-refractivity contribution < 1.29 is 9.59 Å². The number of carbonyl (C=O) groups excluding carboxylic acids is 2. The van der Waals surface area contributed by atoms with E-state index < -0.39 is 0 Å². The molecule has 0 aromatic heterocycles. The third-order valence-electron chi connectivity index (χ3n) is 4.75. The summed E-state index contributed by atoms with van der Waals surface area (Å²) in [5, 5.41) is 2.73. The molecule has 0 spiro atoms. The summed E-state index contributed by atoms with van der Waals surface area (Å²) in [6.45, 7) is 3.13. The summed E-state index contributed by atoms with van der Waals surface area (Å²) in [7, 11) is 0. The Morgan fingerprint density at radius 3 is 2.24 bits per heavy atom. The molecule has 25 heavy (non-hydrogen) atoms. The normalized spacial score (nSPS) is 15.0. The van der Waals surface area contributed by atoms with E-state index in [0.29, 0.717) is 12.3 Å². The highest BCUT2D eigenvalue weighted by molar-refractivity contribution is 5.88. The van der Waals surface area contributed by atoms with Gasteiger partial charge in [0.25, 0.3) is 0 Å². The molecule has 1 fully saturated rings. The number of hydrogen-bond acceptors (Lipinski definition) is 2. The average Bonchev–Trinajstić information content (AvgIpc) is 2.64. The maximum Gasteiger partial charge on any atom is 0.226 e. The van der Waals surface area contributed by atoms with Crippen molar-refractivity contribution >= 4 is 17.5 Å². The van der Waals surface area contributed by atoms with Crippen LogP contribution in [-0.4, -0.2) is 29.8 Å². The number of rotatable bonds is 4. The van der Waals surface area contributed by atoms with Gasteiger partial charge < -0.3 is 10.2 Å². The average molecular weight is 336 g/mol. The van der Waals surface area contributed by atoms with E-state index >= 15 is 0 Å². The monoisotopic (exact) mass is 336 g/mol. The molecule has 2 amide bonds. The molecule has 2 aromatic carbocycles. The van der Waals surface area contributed by atoms with Gasteiger partial charge in [-0.25, -0.2) is 0 Å². The lowest BCUT2D eigenvalue weighted by molar-refractivity contribution is -0.131. The van der Waals surface area contributed by atoms with E-state index in [0.717, 1.165) is 37.2 Å². The van der Waals surface area contributed by atoms with Crippen LogP contribution in [0.4, 0.5) is 5.69 Å². The molecule has 0 saturated carbocycles. The smallest absolute Gasteiger partial charge is 0.226 e. The van der Waals surface area contributed by atoms with Gasteiger partial charge in [-0.15, -0.1) is 0 Å². The third kappa shape index (κ3) is 4.69. The number of benzene rings is 2. The Labute approximate surface area is 148 Å². The van der Waals surface area contributed by atoms with Crippen LogP contribution in [0.15, 0.2) is 54.6 Å². The Kier molecular flexibility index (Phi) is 5.49. The van der Waals surface area contributed by atoms with E-state index in [4.69, 9.17) is 0 Å². The SMILES string of the molecule is CC(=O)Nc1ccc(CC(=O)N2CCC(c3ccccc3)CC2)cc1. The van der Waals surface area contributed by atoms with Crippen molar-refractivity contribution in [2.24, 2.45) is 0 Å². The van der Waals surface area contributed by atoms with Crippen molar-refractivity contribution in [3.05, 3.63) is 65.7 Å². The summed E-state index contributed by atoms with van der Waals surface area (Å²) in [6, 6.07) is 18.0. The largest absolute Gasteiger partial charge is 0.342 e. The van der Waals surface area contributed by atoms with Crippen LogP contribution in [-0.2, 0) is 16.0 Å². The van der Waals surface area contributed by atoms with Gasteiger partial charge in [0.2, 0.25) is 11.8 Å². The second-order valence-electron chi connectivity index (χ2n) is 6.62. The van der Waals surface area contributed by atoms with Crippen molar-refractivity contribution in [3.63, 3.8) is 0 Å². The van der Waals surface area contributed by atoms with Crippen LogP contribution < -0.4 is 5.32 Å². The fraction of sp³-hybridized carbons (Fsp3) is 0.333.